The zero-order valence-corrected chi connectivity index (χ0v) is 11.9. The van der Waals surface area contributed by atoms with Crippen LogP contribution in [0.2, 0.25) is 0 Å². The fraction of sp³-hybridized carbons (Fsp3) is 0.643. The van der Waals surface area contributed by atoms with E-state index in [1.54, 1.807) is 0 Å². The van der Waals surface area contributed by atoms with E-state index >= 15 is 0 Å². The first-order chi connectivity index (χ1) is 9.74. The Hall–Kier alpha value is -1.53. The van der Waals surface area contributed by atoms with Crippen LogP contribution in [0, 0.1) is 0 Å². The zero-order valence-electron chi connectivity index (χ0n) is 11.9. The minimum atomic E-state index is 0.254. The van der Waals surface area contributed by atoms with E-state index in [0.717, 1.165) is 63.2 Å². The molecule has 2 N–H and O–H groups in total. The molecule has 20 heavy (non-hydrogen) atoms. The maximum atomic E-state index is 6.19. The van der Waals surface area contributed by atoms with E-state index in [1.807, 2.05) is 12.3 Å². The average Bonchev–Trinajstić information content (AvgIpc) is 2.48. The molecule has 1 aromatic rings. The van der Waals surface area contributed by atoms with Crippen molar-refractivity contribution < 1.29 is 9.47 Å². The molecule has 1 aromatic heterocycles. The van der Waals surface area contributed by atoms with Crippen LogP contribution in [0.4, 0.5) is 17.2 Å². The van der Waals surface area contributed by atoms with Crippen LogP contribution in [0.1, 0.15) is 6.92 Å². The second-order valence-electron chi connectivity index (χ2n) is 5.33. The summed E-state index contributed by atoms with van der Waals surface area (Å²) in [7, 11) is 0. The van der Waals surface area contributed by atoms with E-state index in [2.05, 4.69) is 21.7 Å². The monoisotopic (exact) mass is 278 g/mol. The Labute approximate surface area is 119 Å². The molecule has 2 aliphatic rings. The fourth-order valence-electron chi connectivity index (χ4n) is 2.73. The normalized spacial score (nSPS) is 23.9. The first kappa shape index (κ1) is 13.5. The summed E-state index contributed by atoms with van der Waals surface area (Å²) >= 11 is 0. The van der Waals surface area contributed by atoms with E-state index in [4.69, 9.17) is 15.2 Å². The quantitative estimate of drug-likeness (QED) is 0.860. The second kappa shape index (κ2) is 5.85. The lowest BCUT2D eigenvalue weighted by Gasteiger charge is -2.33. The molecule has 2 aliphatic heterocycles. The first-order valence-electron chi connectivity index (χ1n) is 7.19. The second-order valence-corrected chi connectivity index (χ2v) is 5.33. The number of morpholine rings is 2. The van der Waals surface area contributed by atoms with Crippen molar-refractivity contribution in [3.05, 3.63) is 12.3 Å². The Morgan fingerprint density at radius 2 is 1.95 bits per heavy atom. The molecule has 0 aromatic carbocycles. The Bertz CT molecular complexity index is 462. The molecule has 0 saturated carbocycles. The standard InChI is InChI=1S/C14H22N4O2/c1-11-10-18(4-7-20-11)12-8-13(15)14(16-9-12)17-2-5-19-6-3-17/h8-9,11H,2-7,10,15H2,1H3/t11-/m1/s1. The summed E-state index contributed by atoms with van der Waals surface area (Å²) in [5.74, 6) is 0.873. The summed E-state index contributed by atoms with van der Waals surface area (Å²) in [6.45, 7) is 7.81. The van der Waals surface area contributed by atoms with Gasteiger partial charge < -0.3 is 25.0 Å². The summed E-state index contributed by atoms with van der Waals surface area (Å²) in [6, 6.07) is 2.02. The van der Waals surface area contributed by atoms with E-state index in [1.165, 1.54) is 0 Å². The molecule has 110 valence electrons. The van der Waals surface area contributed by atoms with Gasteiger partial charge in [-0.3, -0.25) is 0 Å². The van der Waals surface area contributed by atoms with Gasteiger partial charge in [-0.1, -0.05) is 0 Å². The summed E-state index contributed by atoms with van der Waals surface area (Å²) in [5.41, 5.74) is 8.01. The number of aromatic nitrogens is 1. The van der Waals surface area contributed by atoms with Gasteiger partial charge in [0.15, 0.2) is 5.82 Å². The zero-order chi connectivity index (χ0) is 13.9. The van der Waals surface area contributed by atoms with Crippen molar-refractivity contribution >= 4 is 17.2 Å². The largest absolute Gasteiger partial charge is 0.396 e. The summed E-state index contributed by atoms with van der Waals surface area (Å²) in [5, 5.41) is 0. The molecule has 6 nitrogen and oxygen atoms in total. The molecule has 1 atom stereocenters. The Morgan fingerprint density at radius 3 is 2.65 bits per heavy atom. The molecular weight excluding hydrogens is 256 g/mol. The number of hydrogen-bond donors (Lipinski definition) is 1. The van der Waals surface area contributed by atoms with Gasteiger partial charge in [-0.15, -0.1) is 0 Å². The minimum absolute atomic E-state index is 0.254. The van der Waals surface area contributed by atoms with Crippen LogP contribution in [-0.2, 0) is 9.47 Å². The molecule has 6 heteroatoms. The number of hydrogen-bond acceptors (Lipinski definition) is 6. The van der Waals surface area contributed by atoms with Gasteiger partial charge in [0.05, 0.1) is 43.5 Å². The lowest BCUT2D eigenvalue weighted by molar-refractivity contribution is 0.0532. The average molecular weight is 278 g/mol. The van der Waals surface area contributed by atoms with E-state index < -0.39 is 0 Å². The van der Waals surface area contributed by atoms with Crippen LogP contribution in [0.3, 0.4) is 0 Å². The molecule has 3 rings (SSSR count). The third kappa shape index (κ3) is 2.81. The van der Waals surface area contributed by atoms with Crippen molar-refractivity contribution in [1.82, 2.24) is 4.98 Å². The topological polar surface area (TPSA) is 63.9 Å². The third-order valence-electron chi connectivity index (χ3n) is 3.80. The number of nitrogens with zero attached hydrogens (tertiary/aromatic N) is 3. The highest BCUT2D eigenvalue weighted by Crippen LogP contribution is 2.27. The van der Waals surface area contributed by atoms with Gasteiger partial charge in [-0.05, 0) is 13.0 Å². The van der Waals surface area contributed by atoms with E-state index in [0.29, 0.717) is 0 Å². The van der Waals surface area contributed by atoms with Crippen molar-refractivity contribution in [2.45, 2.75) is 13.0 Å². The lowest BCUT2D eigenvalue weighted by atomic mass is 10.2. The maximum absolute atomic E-state index is 6.19. The summed E-state index contributed by atoms with van der Waals surface area (Å²) in [4.78, 5) is 9.03. The van der Waals surface area contributed by atoms with Gasteiger partial charge in [-0.2, -0.15) is 0 Å². The van der Waals surface area contributed by atoms with Crippen LogP contribution in [0.5, 0.6) is 0 Å². The Balaban J connectivity index is 1.76. The number of nitrogens with two attached hydrogens (primary N) is 1. The summed E-state index contributed by atoms with van der Waals surface area (Å²) in [6.07, 6.45) is 2.17. The Kier molecular flexibility index (Phi) is 3.93. The highest BCUT2D eigenvalue weighted by molar-refractivity contribution is 5.68. The van der Waals surface area contributed by atoms with E-state index in [9.17, 15) is 0 Å². The van der Waals surface area contributed by atoms with Gasteiger partial charge in [0.2, 0.25) is 0 Å². The molecule has 2 saturated heterocycles. The van der Waals surface area contributed by atoms with Gasteiger partial charge in [0.25, 0.3) is 0 Å². The SMILES string of the molecule is C[C@@H]1CN(c2cnc(N3CCOCC3)c(N)c2)CCO1. The molecule has 0 unspecified atom stereocenters. The van der Waals surface area contributed by atoms with Gasteiger partial charge in [0, 0.05) is 26.2 Å². The summed E-state index contributed by atoms with van der Waals surface area (Å²) < 4.78 is 10.9. The molecule has 0 radical (unpaired) electrons. The number of rotatable bonds is 2. The van der Waals surface area contributed by atoms with Gasteiger partial charge in [-0.25, -0.2) is 4.98 Å². The lowest BCUT2D eigenvalue weighted by Crippen LogP contribution is -2.41. The smallest absolute Gasteiger partial charge is 0.152 e. The molecule has 0 spiro atoms. The van der Waals surface area contributed by atoms with Crippen LogP contribution in [0.15, 0.2) is 12.3 Å². The van der Waals surface area contributed by atoms with Crippen molar-refractivity contribution in [1.29, 1.82) is 0 Å². The number of pyridine rings is 1. The molecule has 0 aliphatic carbocycles. The minimum Gasteiger partial charge on any atom is -0.396 e. The predicted molar refractivity (Wildman–Crippen MR) is 79.3 cm³/mol. The predicted octanol–water partition coefficient (Wildman–Crippen LogP) is 0.725. The molecule has 0 amide bonds. The van der Waals surface area contributed by atoms with E-state index in [-0.39, 0.29) is 6.10 Å². The van der Waals surface area contributed by atoms with Crippen LogP contribution in [0.25, 0.3) is 0 Å². The maximum Gasteiger partial charge on any atom is 0.152 e. The van der Waals surface area contributed by atoms with Crippen molar-refractivity contribution in [3.63, 3.8) is 0 Å². The van der Waals surface area contributed by atoms with Crippen molar-refractivity contribution in [3.8, 4) is 0 Å². The molecule has 2 fully saturated rings. The molecular formula is C14H22N4O2. The fourth-order valence-corrected chi connectivity index (χ4v) is 2.73. The molecule has 0 bridgehead atoms. The number of anilines is 3. The number of ether oxygens (including phenoxy) is 2. The van der Waals surface area contributed by atoms with Crippen LogP contribution in [-0.4, -0.2) is 57.1 Å². The third-order valence-corrected chi connectivity index (χ3v) is 3.80. The van der Waals surface area contributed by atoms with Crippen LogP contribution >= 0.6 is 0 Å². The Morgan fingerprint density at radius 1 is 1.20 bits per heavy atom. The van der Waals surface area contributed by atoms with Gasteiger partial charge >= 0.3 is 0 Å². The highest BCUT2D eigenvalue weighted by atomic mass is 16.5. The van der Waals surface area contributed by atoms with Crippen molar-refractivity contribution in [2.24, 2.45) is 0 Å². The molecule has 3 heterocycles. The van der Waals surface area contributed by atoms with Crippen molar-refractivity contribution in [2.75, 3.05) is 61.5 Å². The van der Waals surface area contributed by atoms with Gasteiger partial charge in [0.1, 0.15) is 0 Å². The highest BCUT2D eigenvalue weighted by Gasteiger charge is 2.20. The first-order valence-corrected chi connectivity index (χ1v) is 7.19. The van der Waals surface area contributed by atoms with Crippen LogP contribution < -0.4 is 15.5 Å². The number of nitrogen functional groups attached to an aromatic ring is 1.